The quantitative estimate of drug-likeness (QED) is 0.294. The van der Waals surface area contributed by atoms with Gasteiger partial charge in [0.25, 0.3) is 0 Å². The topological polar surface area (TPSA) is 98.0 Å². The third-order valence-corrected chi connectivity index (χ3v) is 9.66. The molecule has 5 nitrogen and oxygen atoms in total. The van der Waals surface area contributed by atoms with Crippen molar-refractivity contribution >= 4 is 5.78 Å². The van der Waals surface area contributed by atoms with Crippen molar-refractivity contribution < 1.29 is 25.2 Å². The highest BCUT2D eigenvalue weighted by Gasteiger charge is 2.51. The van der Waals surface area contributed by atoms with Crippen LogP contribution in [0.3, 0.4) is 0 Å². The van der Waals surface area contributed by atoms with Gasteiger partial charge in [-0.3, -0.25) is 4.79 Å². The van der Waals surface area contributed by atoms with E-state index >= 15 is 0 Å². The summed E-state index contributed by atoms with van der Waals surface area (Å²) < 4.78 is 0. The molecule has 3 aliphatic rings. The zero-order valence-corrected chi connectivity index (χ0v) is 23.9. The summed E-state index contributed by atoms with van der Waals surface area (Å²) in [4.78, 5) is 12.6. The second kappa shape index (κ2) is 11.9. The van der Waals surface area contributed by atoms with Crippen LogP contribution in [-0.2, 0) is 4.79 Å². The van der Waals surface area contributed by atoms with E-state index in [0.29, 0.717) is 37.0 Å². The highest BCUT2D eigenvalue weighted by molar-refractivity contribution is 5.86. The van der Waals surface area contributed by atoms with Crippen molar-refractivity contribution in [2.45, 2.75) is 135 Å². The van der Waals surface area contributed by atoms with Crippen LogP contribution in [0.5, 0.6) is 0 Å². The predicted molar refractivity (Wildman–Crippen MR) is 149 cm³/mol. The lowest BCUT2D eigenvalue weighted by Crippen LogP contribution is -2.37. The monoisotopic (exact) mass is 516 g/mol. The van der Waals surface area contributed by atoms with Gasteiger partial charge >= 0.3 is 0 Å². The van der Waals surface area contributed by atoms with Crippen molar-refractivity contribution in [2.75, 3.05) is 0 Å². The fourth-order valence-electron chi connectivity index (χ4n) is 7.48. The van der Waals surface area contributed by atoms with Crippen LogP contribution in [0.25, 0.3) is 0 Å². The lowest BCUT2D eigenvalue weighted by Gasteiger charge is -2.45. The molecule has 0 aromatic carbocycles. The molecule has 5 heteroatoms. The van der Waals surface area contributed by atoms with Gasteiger partial charge < -0.3 is 20.4 Å². The Kier molecular flexibility index (Phi) is 9.70. The fraction of sp³-hybridized carbons (Fsp3) is 0.781. The van der Waals surface area contributed by atoms with E-state index in [-0.39, 0.29) is 11.2 Å². The lowest BCUT2D eigenvalue weighted by molar-refractivity contribution is -0.134. The first kappa shape index (κ1) is 30.3. The summed E-state index contributed by atoms with van der Waals surface area (Å²) in [5.74, 6) is 1.31. The molecule has 0 amide bonds. The van der Waals surface area contributed by atoms with E-state index in [9.17, 15) is 25.2 Å². The molecular weight excluding hydrogens is 464 g/mol. The number of aliphatic hydroxyl groups excluding tert-OH is 2. The van der Waals surface area contributed by atoms with Crippen molar-refractivity contribution in [1.29, 1.82) is 0 Å². The number of hydrogen-bond acceptors (Lipinski definition) is 5. The smallest absolute Gasteiger partial charge is 0.163 e. The van der Waals surface area contributed by atoms with Gasteiger partial charge in [-0.1, -0.05) is 44.1 Å². The van der Waals surface area contributed by atoms with Gasteiger partial charge in [-0.2, -0.15) is 0 Å². The fourth-order valence-corrected chi connectivity index (χ4v) is 7.48. The highest BCUT2D eigenvalue weighted by Crippen LogP contribution is 2.60. The van der Waals surface area contributed by atoms with Crippen molar-refractivity contribution in [3.05, 3.63) is 35.5 Å². The average Bonchev–Trinajstić information content (AvgIpc) is 3.13. The molecule has 3 rings (SSSR count). The minimum Gasteiger partial charge on any atom is -0.393 e. The van der Waals surface area contributed by atoms with E-state index < -0.39 is 23.4 Å². The Morgan fingerprint density at radius 1 is 1.14 bits per heavy atom. The molecule has 0 aromatic rings. The molecule has 0 aromatic heterocycles. The van der Waals surface area contributed by atoms with Gasteiger partial charge in [0.05, 0.1) is 17.8 Å². The van der Waals surface area contributed by atoms with Gasteiger partial charge in [0, 0.05) is 12.8 Å². The van der Waals surface area contributed by atoms with Crippen LogP contribution in [0.1, 0.15) is 112 Å². The molecule has 1 unspecified atom stereocenters. The SMILES string of the molecule is C=C1/C(=C\C=C2/CCC[C@@]3(C)C2CC[C@@H]3[C@@H](CCCC(C)(C)O)CCC(=O)C(C)(C)O)C[C@@H](O)C[C@@H]1O. The third kappa shape index (κ3) is 7.65. The van der Waals surface area contributed by atoms with Crippen molar-refractivity contribution in [3.8, 4) is 0 Å². The molecule has 0 heterocycles. The normalized spacial score (nSPS) is 34.1. The van der Waals surface area contributed by atoms with Crippen LogP contribution in [0.2, 0.25) is 0 Å². The number of carbonyl (C=O) groups excluding carboxylic acids is 1. The second-order valence-electron chi connectivity index (χ2n) is 13.6. The first-order valence-electron chi connectivity index (χ1n) is 14.5. The first-order valence-corrected chi connectivity index (χ1v) is 14.5. The predicted octanol–water partition coefficient (Wildman–Crippen LogP) is 5.81. The van der Waals surface area contributed by atoms with Crippen LogP contribution in [0.4, 0.5) is 0 Å². The van der Waals surface area contributed by atoms with Crippen molar-refractivity contribution in [2.24, 2.45) is 23.2 Å². The summed E-state index contributed by atoms with van der Waals surface area (Å²) in [6, 6.07) is 0. The van der Waals surface area contributed by atoms with Crippen LogP contribution < -0.4 is 0 Å². The van der Waals surface area contributed by atoms with Gasteiger partial charge in [-0.15, -0.1) is 0 Å². The summed E-state index contributed by atoms with van der Waals surface area (Å²) >= 11 is 0. The van der Waals surface area contributed by atoms with E-state index in [1.165, 1.54) is 12.0 Å². The summed E-state index contributed by atoms with van der Waals surface area (Å²) in [6.45, 7) is 13.4. The van der Waals surface area contributed by atoms with Crippen LogP contribution in [0.15, 0.2) is 35.5 Å². The lowest BCUT2D eigenvalue weighted by atomic mass is 9.60. The molecule has 0 bridgehead atoms. The number of fused-ring (bicyclic) bond motifs is 1. The Morgan fingerprint density at radius 3 is 2.49 bits per heavy atom. The van der Waals surface area contributed by atoms with Gasteiger partial charge in [-0.25, -0.2) is 0 Å². The Bertz CT molecular complexity index is 886. The minimum atomic E-state index is -1.29. The Labute approximate surface area is 224 Å². The Balaban J connectivity index is 1.79. The van der Waals surface area contributed by atoms with Gasteiger partial charge in [-0.05, 0) is 113 Å². The van der Waals surface area contributed by atoms with E-state index in [1.54, 1.807) is 13.8 Å². The standard InChI is InChI=1S/C32H52O5/c1-21-24(19-25(33)20-28(21)34)12-11-22-10-8-18-32(6)26(22)14-15-27(32)23(9-7-17-30(2,3)36)13-16-29(35)31(4,5)37/h11-12,23,25-28,33-34,36-37H,1,7-10,13-20H2,2-6H3/b22-11+,24-12-/t23-,25+,26?,27+,28-,32-/m0/s1. The number of hydrogen-bond donors (Lipinski definition) is 4. The summed E-state index contributed by atoms with van der Waals surface area (Å²) in [5.41, 5.74) is 1.34. The van der Waals surface area contributed by atoms with Crippen LogP contribution in [0, 0.1) is 23.2 Å². The molecule has 3 fully saturated rings. The number of Topliss-reactive ketones (excluding diaryl/α,β-unsaturated/α-hetero) is 1. The number of aliphatic hydroxyl groups is 4. The number of allylic oxidation sites excluding steroid dienone is 3. The number of carbonyl (C=O) groups is 1. The van der Waals surface area contributed by atoms with E-state index in [4.69, 9.17) is 0 Å². The second-order valence-corrected chi connectivity index (χ2v) is 13.6. The molecule has 210 valence electrons. The molecule has 0 radical (unpaired) electrons. The number of rotatable bonds is 10. The summed E-state index contributed by atoms with van der Waals surface area (Å²) in [6.07, 6.45) is 13.6. The molecule has 6 atom stereocenters. The molecule has 3 saturated carbocycles. The summed E-state index contributed by atoms with van der Waals surface area (Å²) in [7, 11) is 0. The first-order chi connectivity index (χ1) is 17.1. The Hall–Kier alpha value is -1.27. The molecule has 3 aliphatic carbocycles. The molecular formula is C32H52O5. The Morgan fingerprint density at radius 2 is 1.84 bits per heavy atom. The van der Waals surface area contributed by atoms with Crippen LogP contribution in [-0.4, -0.2) is 49.6 Å². The van der Waals surface area contributed by atoms with Crippen LogP contribution >= 0.6 is 0 Å². The maximum Gasteiger partial charge on any atom is 0.163 e. The van der Waals surface area contributed by atoms with Crippen molar-refractivity contribution in [1.82, 2.24) is 0 Å². The largest absolute Gasteiger partial charge is 0.393 e. The molecule has 0 saturated heterocycles. The van der Waals surface area contributed by atoms with E-state index in [1.807, 2.05) is 13.8 Å². The van der Waals surface area contributed by atoms with Gasteiger partial charge in [0.1, 0.15) is 5.60 Å². The van der Waals surface area contributed by atoms with E-state index in [0.717, 1.165) is 62.5 Å². The average molecular weight is 517 g/mol. The molecule has 0 spiro atoms. The minimum absolute atomic E-state index is 0.0902. The highest BCUT2D eigenvalue weighted by atomic mass is 16.3. The summed E-state index contributed by atoms with van der Waals surface area (Å²) in [5, 5.41) is 40.8. The molecule has 4 N–H and O–H groups in total. The number of ketones is 1. The maximum atomic E-state index is 12.6. The van der Waals surface area contributed by atoms with Gasteiger partial charge in [0.2, 0.25) is 0 Å². The molecule has 37 heavy (non-hydrogen) atoms. The van der Waals surface area contributed by atoms with Crippen molar-refractivity contribution in [3.63, 3.8) is 0 Å². The zero-order valence-electron chi connectivity index (χ0n) is 23.9. The molecule has 0 aliphatic heterocycles. The maximum absolute atomic E-state index is 12.6. The van der Waals surface area contributed by atoms with E-state index in [2.05, 4.69) is 25.7 Å². The third-order valence-electron chi connectivity index (χ3n) is 9.66. The van der Waals surface area contributed by atoms with Gasteiger partial charge in [0.15, 0.2) is 5.78 Å². The zero-order chi connectivity index (χ0) is 27.6.